The van der Waals surface area contributed by atoms with Gasteiger partial charge in [0.15, 0.2) is 0 Å². The molecule has 1 N–H and O–H groups in total. The highest BCUT2D eigenvalue weighted by atomic mass is 19.1. The van der Waals surface area contributed by atoms with Crippen LogP contribution >= 0.6 is 0 Å². The second-order valence-electron chi connectivity index (χ2n) is 8.49. The number of allylic oxidation sites excluding steroid dienone is 1. The van der Waals surface area contributed by atoms with Crippen LogP contribution in [0.15, 0.2) is 59.8 Å². The van der Waals surface area contributed by atoms with E-state index in [4.69, 9.17) is 4.74 Å². The molecule has 0 fully saturated rings. The molecule has 2 amide bonds. The van der Waals surface area contributed by atoms with E-state index in [1.165, 1.54) is 12.1 Å². The van der Waals surface area contributed by atoms with Gasteiger partial charge in [0.05, 0.1) is 18.7 Å². The van der Waals surface area contributed by atoms with Crippen molar-refractivity contribution in [2.24, 2.45) is 0 Å². The van der Waals surface area contributed by atoms with Crippen molar-refractivity contribution in [3.8, 4) is 0 Å². The molecule has 0 bridgehead atoms. The lowest BCUT2D eigenvalue weighted by atomic mass is 9.83. The maximum Gasteiger partial charge on any atom is 0.336 e. The number of nitrogens with zero attached hydrogens (tertiary/aromatic N) is 1. The summed E-state index contributed by atoms with van der Waals surface area (Å²) in [5.41, 5.74) is 2.98. The first-order valence-corrected chi connectivity index (χ1v) is 11.6. The number of halogens is 1. The van der Waals surface area contributed by atoms with Gasteiger partial charge in [-0.1, -0.05) is 31.2 Å². The van der Waals surface area contributed by atoms with E-state index in [-0.39, 0.29) is 43.2 Å². The van der Waals surface area contributed by atoms with Crippen LogP contribution in [0.25, 0.3) is 0 Å². The maximum atomic E-state index is 13.4. The predicted molar refractivity (Wildman–Crippen MR) is 127 cm³/mol. The van der Waals surface area contributed by atoms with Crippen molar-refractivity contribution in [2.75, 3.05) is 6.61 Å². The Morgan fingerprint density at radius 2 is 1.76 bits per heavy atom. The van der Waals surface area contributed by atoms with E-state index in [0.29, 0.717) is 22.4 Å². The third-order valence-corrected chi connectivity index (χ3v) is 6.14. The molecule has 34 heavy (non-hydrogen) atoms. The van der Waals surface area contributed by atoms with Gasteiger partial charge >= 0.3 is 5.97 Å². The molecule has 0 aromatic heterocycles. The summed E-state index contributed by atoms with van der Waals surface area (Å²) < 4.78 is 18.7. The minimum absolute atomic E-state index is 0.0759. The Morgan fingerprint density at radius 1 is 1.12 bits per heavy atom. The molecule has 0 radical (unpaired) electrons. The molecule has 6 nitrogen and oxygen atoms in total. The Kier molecular flexibility index (Phi) is 8.21. The average Bonchev–Trinajstić information content (AvgIpc) is 2.82. The Bertz CT molecular complexity index is 1080. The number of carbonyl (C=O) groups is 3. The normalized spacial score (nSPS) is 16.9. The zero-order valence-corrected chi connectivity index (χ0v) is 20.1. The zero-order chi connectivity index (χ0) is 24.8. The quantitative estimate of drug-likeness (QED) is 0.572. The molecular formula is C27H31FN2O4. The monoisotopic (exact) mass is 466 g/mol. The molecule has 180 valence electrons. The molecule has 0 saturated heterocycles. The molecular weight excluding hydrogens is 435 g/mol. The Balaban J connectivity index is 1.88. The molecule has 2 aromatic rings. The van der Waals surface area contributed by atoms with E-state index in [2.05, 4.69) is 5.32 Å². The summed E-state index contributed by atoms with van der Waals surface area (Å²) in [6, 6.07) is 13.0. The minimum Gasteiger partial charge on any atom is -0.463 e. The van der Waals surface area contributed by atoms with Crippen LogP contribution in [0.2, 0.25) is 0 Å². The van der Waals surface area contributed by atoms with E-state index in [1.54, 1.807) is 43.0 Å². The first-order valence-electron chi connectivity index (χ1n) is 11.6. The van der Waals surface area contributed by atoms with Crippen molar-refractivity contribution in [3.63, 3.8) is 0 Å². The van der Waals surface area contributed by atoms with Crippen LogP contribution < -0.4 is 5.32 Å². The van der Waals surface area contributed by atoms with Gasteiger partial charge in [-0.15, -0.1) is 0 Å². The number of ether oxygens (including phenoxy) is 1. The number of amides is 2. The van der Waals surface area contributed by atoms with Gasteiger partial charge in [-0.3, -0.25) is 9.59 Å². The lowest BCUT2D eigenvalue weighted by molar-refractivity contribution is -0.140. The summed E-state index contributed by atoms with van der Waals surface area (Å²) in [5.74, 6) is -1.65. The van der Waals surface area contributed by atoms with Gasteiger partial charge < -0.3 is 15.0 Å². The Labute approximate surface area is 199 Å². The summed E-state index contributed by atoms with van der Waals surface area (Å²) in [7, 11) is 0. The van der Waals surface area contributed by atoms with Gasteiger partial charge in [-0.25, -0.2) is 9.18 Å². The summed E-state index contributed by atoms with van der Waals surface area (Å²) in [4.78, 5) is 39.9. The van der Waals surface area contributed by atoms with Crippen LogP contribution in [0.1, 0.15) is 67.9 Å². The number of hydrogen-bond donors (Lipinski definition) is 1. The minimum atomic E-state index is -0.505. The van der Waals surface area contributed by atoms with Crippen molar-refractivity contribution in [1.82, 2.24) is 10.2 Å². The molecule has 0 aliphatic carbocycles. The van der Waals surface area contributed by atoms with Crippen molar-refractivity contribution < 1.29 is 23.5 Å². The third-order valence-electron chi connectivity index (χ3n) is 6.14. The van der Waals surface area contributed by atoms with Gasteiger partial charge in [0, 0.05) is 29.6 Å². The van der Waals surface area contributed by atoms with Crippen LogP contribution in [0.5, 0.6) is 0 Å². The van der Waals surface area contributed by atoms with Gasteiger partial charge in [-0.05, 0) is 62.6 Å². The molecule has 1 heterocycles. The smallest absolute Gasteiger partial charge is 0.336 e. The standard InChI is InChI=1S/C27H31FN2O4/c1-5-17(3)29-26(32)21-9-7-19(8-10-21)16-30-18(4)25(27(33)34-6-2)23(15-24(30)31)20-11-13-22(28)14-12-20/h7-14,17,23H,5-6,15-16H2,1-4H3,(H,29,32)/t17-,23+/m0/s1. The fourth-order valence-corrected chi connectivity index (χ4v) is 4.01. The van der Waals surface area contributed by atoms with Gasteiger partial charge in [0.25, 0.3) is 5.91 Å². The molecule has 0 unspecified atom stereocenters. The average molecular weight is 467 g/mol. The molecule has 3 rings (SSSR count). The SMILES string of the molecule is CCOC(=O)C1=C(C)N(Cc2ccc(C(=O)N[C@@H](C)CC)cc2)C(=O)C[C@@H]1c1ccc(F)cc1. The lowest BCUT2D eigenvalue weighted by Gasteiger charge is -2.34. The number of rotatable bonds is 8. The van der Waals surface area contributed by atoms with E-state index in [0.717, 1.165) is 12.0 Å². The second kappa shape index (κ2) is 11.1. The number of nitrogens with one attached hydrogen (secondary N) is 1. The van der Waals surface area contributed by atoms with Crippen molar-refractivity contribution in [3.05, 3.63) is 82.3 Å². The molecule has 2 atom stereocenters. The van der Waals surface area contributed by atoms with Crippen LogP contribution in [-0.2, 0) is 20.9 Å². The van der Waals surface area contributed by atoms with Crippen LogP contribution in [0, 0.1) is 5.82 Å². The highest BCUT2D eigenvalue weighted by molar-refractivity contribution is 5.96. The number of esters is 1. The summed E-state index contributed by atoms with van der Waals surface area (Å²) in [5, 5.41) is 2.93. The Hall–Kier alpha value is -3.48. The summed E-state index contributed by atoms with van der Waals surface area (Å²) in [6.07, 6.45) is 0.917. The summed E-state index contributed by atoms with van der Waals surface area (Å²) >= 11 is 0. The van der Waals surface area contributed by atoms with E-state index in [9.17, 15) is 18.8 Å². The second-order valence-corrected chi connectivity index (χ2v) is 8.49. The van der Waals surface area contributed by atoms with Crippen molar-refractivity contribution >= 4 is 17.8 Å². The number of hydrogen-bond acceptors (Lipinski definition) is 4. The lowest BCUT2D eigenvalue weighted by Crippen LogP contribution is -2.38. The third kappa shape index (κ3) is 5.71. The van der Waals surface area contributed by atoms with Crippen molar-refractivity contribution in [2.45, 2.75) is 59.0 Å². The maximum absolute atomic E-state index is 13.4. The number of benzene rings is 2. The Morgan fingerprint density at radius 3 is 2.35 bits per heavy atom. The summed E-state index contributed by atoms with van der Waals surface area (Å²) in [6.45, 7) is 7.88. The van der Waals surface area contributed by atoms with Gasteiger partial charge in [0.1, 0.15) is 5.82 Å². The zero-order valence-electron chi connectivity index (χ0n) is 20.1. The first-order chi connectivity index (χ1) is 16.2. The molecule has 0 saturated carbocycles. The fraction of sp³-hybridized carbons (Fsp3) is 0.370. The molecule has 7 heteroatoms. The largest absolute Gasteiger partial charge is 0.463 e. The van der Waals surface area contributed by atoms with E-state index < -0.39 is 11.9 Å². The first kappa shape index (κ1) is 25.1. The van der Waals surface area contributed by atoms with Gasteiger partial charge in [-0.2, -0.15) is 0 Å². The van der Waals surface area contributed by atoms with Crippen molar-refractivity contribution in [1.29, 1.82) is 0 Å². The predicted octanol–water partition coefficient (Wildman–Crippen LogP) is 4.71. The molecule has 1 aliphatic rings. The molecule has 0 spiro atoms. The molecule has 1 aliphatic heterocycles. The van der Waals surface area contributed by atoms with Crippen LogP contribution in [0.3, 0.4) is 0 Å². The van der Waals surface area contributed by atoms with E-state index >= 15 is 0 Å². The van der Waals surface area contributed by atoms with Gasteiger partial charge in [0.2, 0.25) is 5.91 Å². The number of carbonyl (C=O) groups excluding carboxylic acids is 3. The highest BCUT2D eigenvalue weighted by Crippen LogP contribution is 2.37. The topological polar surface area (TPSA) is 75.7 Å². The van der Waals surface area contributed by atoms with E-state index in [1.807, 2.05) is 26.0 Å². The highest BCUT2D eigenvalue weighted by Gasteiger charge is 2.36. The van der Waals surface area contributed by atoms with Crippen LogP contribution in [0.4, 0.5) is 4.39 Å². The van der Waals surface area contributed by atoms with Crippen LogP contribution in [-0.4, -0.2) is 35.3 Å². The fourth-order valence-electron chi connectivity index (χ4n) is 4.01. The molecule has 2 aromatic carbocycles.